The molecule has 0 bridgehead atoms. The first-order valence-corrected chi connectivity index (χ1v) is 9.41. The van der Waals surface area contributed by atoms with Gasteiger partial charge in [0.2, 0.25) is 0 Å². The maximum atomic E-state index is 13.3. The number of carbonyl (C=O) groups is 1. The molecule has 144 valence electrons. The van der Waals surface area contributed by atoms with Crippen molar-refractivity contribution in [3.63, 3.8) is 0 Å². The van der Waals surface area contributed by atoms with Gasteiger partial charge in [-0.15, -0.1) is 0 Å². The molecule has 4 rings (SSSR count). The number of thioether (sulfide) groups is 1. The molecular weight excluding hydrogens is 397 g/mol. The van der Waals surface area contributed by atoms with Crippen LogP contribution in [-0.2, 0) is 4.79 Å². The maximum absolute atomic E-state index is 13.3. The average Bonchev–Trinajstić information content (AvgIpc) is 3.01. The van der Waals surface area contributed by atoms with Gasteiger partial charge in [-0.1, -0.05) is 12.1 Å². The topological polar surface area (TPSA) is 32.7 Å². The predicted octanol–water partition coefficient (Wildman–Crippen LogP) is 5.91. The van der Waals surface area contributed by atoms with E-state index in [2.05, 4.69) is 4.99 Å². The number of anilines is 1. The monoisotopic (exact) mass is 410 g/mol. The zero-order valence-corrected chi connectivity index (χ0v) is 15.7. The third kappa shape index (κ3) is 4.25. The van der Waals surface area contributed by atoms with E-state index in [1.54, 1.807) is 18.2 Å². The highest BCUT2D eigenvalue weighted by atomic mass is 32.2. The van der Waals surface area contributed by atoms with Gasteiger partial charge in [0.15, 0.2) is 5.17 Å². The Kier molecular flexibility index (Phi) is 5.22. The molecule has 0 unspecified atom stereocenters. The molecule has 1 heterocycles. The maximum Gasteiger partial charge on any atom is 0.271 e. The van der Waals surface area contributed by atoms with E-state index in [0.717, 1.165) is 11.8 Å². The average molecular weight is 410 g/mol. The lowest BCUT2D eigenvalue weighted by atomic mass is 10.2. The highest BCUT2D eigenvalue weighted by Crippen LogP contribution is 2.37. The van der Waals surface area contributed by atoms with Crippen molar-refractivity contribution in [3.05, 3.63) is 101 Å². The van der Waals surface area contributed by atoms with Gasteiger partial charge < -0.3 is 0 Å². The molecular formula is C22H13F3N2OS. The Morgan fingerprint density at radius 1 is 0.759 bits per heavy atom. The van der Waals surface area contributed by atoms with E-state index >= 15 is 0 Å². The Morgan fingerprint density at radius 2 is 1.28 bits per heavy atom. The molecule has 1 fully saturated rings. The Bertz CT molecular complexity index is 1110. The Morgan fingerprint density at radius 3 is 1.86 bits per heavy atom. The molecule has 0 atom stereocenters. The van der Waals surface area contributed by atoms with Gasteiger partial charge in [-0.25, -0.2) is 18.2 Å². The number of amidine groups is 1. The summed E-state index contributed by atoms with van der Waals surface area (Å²) in [5, 5.41) is 0.349. The lowest BCUT2D eigenvalue weighted by Crippen LogP contribution is -2.28. The lowest BCUT2D eigenvalue weighted by molar-refractivity contribution is -0.113. The number of carbonyl (C=O) groups excluding carboxylic acids is 1. The number of benzene rings is 3. The minimum atomic E-state index is -0.424. The van der Waals surface area contributed by atoms with Crippen molar-refractivity contribution in [2.24, 2.45) is 4.99 Å². The number of hydrogen-bond donors (Lipinski definition) is 0. The van der Waals surface area contributed by atoms with Crippen LogP contribution in [0.4, 0.5) is 24.5 Å². The predicted molar refractivity (Wildman–Crippen MR) is 109 cm³/mol. The molecule has 0 aliphatic carbocycles. The van der Waals surface area contributed by atoms with Gasteiger partial charge in [0, 0.05) is 0 Å². The molecule has 1 aliphatic heterocycles. The second-order valence-corrected chi connectivity index (χ2v) is 7.16. The first kappa shape index (κ1) is 19.0. The quantitative estimate of drug-likeness (QED) is 0.503. The minimum Gasteiger partial charge on any atom is -0.268 e. The molecule has 0 spiro atoms. The van der Waals surface area contributed by atoms with Crippen LogP contribution in [0.25, 0.3) is 6.08 Å². The lowest BCUT2D eigenvalue weighted by Gasteiger charge is -2.15. The summed E-state index contributed by atoms with van der Waals surface area (Å²) in [5.41, 5.74) is 1.58. The molecule has 1 aliphatic rings. The zero-order valence-electron chi connectivity index (χ0n) is 14.9. The number of halogens is 3. The van der Waals surface area contributed by atoms with E-state index < -0.39 is 11.6 Å². The van der Waals surface area contributed by atoms with Gasteiger partial charge in [0.1, 0.15) is 17.5 Å². The van der Waals surface area contributed by atoms with Crippen molar-refractivity contribution < 1.29 is 18.0 Å². The molecule has 1 saturated heterocycles. The highest BCUT2D eigenvalue weighted by Gasteiger charge is 2.34. The molecule has 3 nitrogen and oxygen atoms in total. The molecule has 3 aromatic carbocycles. The normalized spacial score (nSPS) is 16.8. The van der Waals surface area contributed by atoms with Gasteiger partial charge in [-0.05, 0) is 84.1 Å². The molecule has 0 radical (unpaired) electrons. The van der Waals surface area contributed by atoms with Crippen LogP contribution >= 0.6 is 11.8 Å². The van der Waals surface area contributed by atoms with Crippen LogP contribution in [0, 0.1) is 17.5 Å². The van der Waals surface area contributed by atoms with Gasteiger partial charge in [-0.3, -0.25) is 9.69 Å². The molecule has 0 saturated carbocycles. The van der Waals surface area contributed by atoms with Crippen LogP contribution in [0.5, 0.6) is 0 Å². The van der Waals surface area contributed by atoms with Crippen LogP contribution in [-0.4, -0.2) is 11.1 Å². The van der Waals surface area contributed by atoms with E-state index in [1.807, 2.05) is 0 Å². The third-order valence-electron chi connectivity index (χ3n) is 4.11. The second-order valence-electron chi connectivity index (χ2n) is 6.15. The second kappa shape index (κ2) is 7.97. The Balaban J connectivity index is 1.76. The van der Waals surface area contributed by atoms with Crippen molar-refractivity contribution in [1.82, 2.24) is 0 Å². The van der Waals surface area contributed by atoms with Crippen LogP contribution < -0.4 is 4.90 Å². The van der Waals surface area contributed by atoms with Crippen LogP contribution in [0.2, 0.25) is 0 Å². The molecule has 0 N–H and O–H groups in total. The van der Waals surface area contributed by atoms with Gasteiger partial charge in [0.25, 0.3) is 5.91 Å². The summed E-state index contributed by atoms with van der Waals surface area (Å²) >= 11 is 1.13. The SMILES string of the molecule is O=C1/C(=C/c2ccc(F)cc2)SC(=Nc2ccc(F)cc2)N1c1ccc(F)cc1. The van der Waals surface area contributed by atoms with E-state index in [4.69, 9.17) is 0 Å². The summed E-state index contributed by atoms with van der Waals surface area (Å²) in [7, 11) is 0. The molecule has 29 heavy (non-hydrogen) atoms. The molecule has 0 aromatic heterocycles. The highest BCUT2D eigenvalue weighted by molar-refractivity contribution is 8.19. The van der Waals surface area contributed by atoms with Gasteiger partial charge in [-0.2, -0.15) is 0 Å². The number of hydrogen-bond acceptors (Lipinski definition) is 3. The summed E-state index contributed by atoms with van der Waals surface area (Å²) in [6.45, 7) is 0. The Labute approximate surface area is 169 Å². The first-order chi connectivity index (χ1) is 14.0. The van der Waals surface area contributed by atoms with Crippen LogP contribution in [0.3, 0.4) is 0 Å². The third-order valence-corrected chi connectivity index (χ3v) is 5.08. The van der Waals surface area contributed by atoms with E-state index in [0.29, 0.717) is 27.0 Å². The summed E-state index contributed by atoms with van der Waals surface area (Å²) in [5.74, 6) is -1.53. The smallest absolute Gasteiger partial charge is 0.268 e. The largest absolute Gasteiger partial charge is 0.271 e. The molecule has 1 amide bonds. The fraction of sp³-hybridized carbons (Fsp3) is 0. The number of amides is 1. The number of aliphatic imine (C=N–C) groups is 1. The summed E-state index contributed by atoms with van der Waals surface area (Å²) in [6, 6.07) is 16.8. The fourth-order valence-electron chi connectivity index (χ4n) is 2.70. The zero-order chi connectivity index (χ0) is 20.4. The van der Waals surface area contributed by atoms with Crippen LogP contribution in [0.1, 0.15) is 5.56 Å². The van der Waals surface area contributed by atoms with Crippen molar-refractivity contribution in [2.75, 3.05) is 4.90 Å². The molecule has 3 aromatic rings. The minimum absolute atomic E-state index is 0.341. The van der Waals surface area contributed by atoms with E-state index in [1.165, 1.54) is 65.6 Å². The van der Waals surface area contributed by atoms with Crippen molar-refractivity contribution in [3.8, 4) is 0 Å². The first-order valence-electron chi connectivity index (χ1n) is 8.59. The van der Waals surface area contributed by atoms with E-state index in [-0.39, 0.29) is 11.7 Å². The van der Waals surface area contributed by atoms with Crippen molar-refractivity contribution >= 4 is 40.3 Å². The van der Waals surface area contributed by atoms with Gasteiger partial charge in [0.05, 0.1) is 16.3 Å². The summed E-state index contributed by atoms with van der Waals surface area (Å²) < 4.78 is 39.7. The standard InChI is InChI=1S/C22H13F3N2OS/c23-15-3-1-14(2-4-15)13-20-21(28)27(19-11-7-17(25)8-12-19)22(29-20)26-18-9-5-16(24)6-10-18/h1-13H/b20-13-,26-22?. The molecule has 7 heteroatoms. The summed E-state index contributed by atoms with van der Waals surface area (Å²) in [4.78, 5) is 19.2. The van der Waals surface area contributed by atoms with Crippen LogP contribution in [0.15, 0.2) is 82.7 Å². The number of rotatable bonds is 3. The summed E-state index contributed by atoms with van der Waals surface area (Å²) in [6.07, 6.45) is 1.64. The van der Waals surface area contributed by atoms with Crippen molar-refractivity contribution in [2.45, 2.75) is 0 Å². The number of nitrogens with zero attached hydrogens (tertiary/aromatic N) is 2. The van der Waals surface area contributed by atoms with E-state index in [9.17, 15) is 18.0 Å². The van der Waals surface area contributed by atoms with Gasteiger partial charge >= 0.3 is 0 Å². The fourth-order valence-corrected chi connectivity index (χ4v) is 3.70. The van der Waals surface area contributed by atoms with Crippen molar-refractivity contribution in [1.29, 1.82) is 0 Å². The Hall–Kier alpha value is -3.32.